The fourth-order valence-electron chi connectivity index (χ4n) is 4.74. The van der Waals surface area contributed by atoms with E-state index in [0.29, 0.717) is 5.69 Å². The number of carbonyl (C=O) groups is 1. The average molecular weight is 561 g/mol. The van der Waals surface area contributed by atoms with Crippen LogP contribution in [0.25, 0.3) is 0 Å². The zero-order valence-corrected chi connectivity index (χ0v) is 23.9. The fraction of sp³-hybridized carbons (Fsp3) is 0.114. The Hall–Kier alpha value is -4.68. The quantitative estimate of drug-likeness (QED) is 0.207. The lowest BCUT2D eigenvalue weighted by molar-refractivity contribution is 0.0943. The summed E-state index contributed by atoms with van der Waals surface area (Å²) in [6.07, 6.45) is 0. The van der Waals surface area contributed by atoms with Gasteiger partial charge in [0.15, 0.2) is 0 Å². The number of amides is 1. The summed E-state index contributed by atoms with van der Waals surface area (Å²) in [6.45, 7) is 4.00. The van der Waals surface area contributed by atoms with Crippen LogP contribution in [-0.2, 0) is 16.6 Å². The molecule has 0 saturated heterocycles. The number of nitrogens with one attached hydrogen (secondary N) is 1. The second kappa shape index (κ2) is 12.2. The normalized spacial score (nSPS) is 12.0. The van der Waals surface area contributed by atoms with Crippen molar-refractivity contribution in [1.82, 2.24) is 5.32 Å². The number of rotatable bonds is 9. The molecule has 5 aromatic carbocycles. The summed E-state index contributed by atoms with van der Waals surface area (Å²) in [7, 11) is -4.01. The minimum atomic E-state index is -4.01. The molecule has 0 bridgehead atoms. The molecule has 1 atom stereocenters. The monoisotopic (exact) mass is 560 g/mol. The lowest BCUT2D eigenvalue weighted by atomic mass is 9.97. The second-order valence-corrected chi connectivity index (χ2v) is 11.9. The zero-order chi connectivity index (χ0) is 28.8. The SMILES string of the molecule is Cc1ccc([C@@H](NC(=O)c2ccccc2N(Cc2ccccc2)S(=O)(=O)c2ccc(C)cc2)c2ccccc2)cc1. The van der Waals surface area contributed by atoms with E-state index in [1.165, 1.54) is 4.31 Å². The summed E-state index contributed by atoms with van der Waals surface area (Å²) in [5.41, 5.74) is 5.32. The Morgan fingerprint density at radius 2 is 1.17 bits per heavy atom. The van der Waals surface area contributed by atoms with E-state index in [0.717, 1.165) is 27.8 Å². The predicted molar refractivity (Wildman–Crippen MR) is 164 cm³/mol. The van der Waals surface area contributed by atoms with Crippen LogP contribution in [-0.4, -0.2) is 14.3 Å². The molecule has 41 heavy (non-hydrogen) atoms. The largest absolute Gasteiger partial charge is 0.341 e. The van der Waals surface area contributed by atoms with Gasteiger partial charge in [-0.05, 0) is 54.8 Å². The number of hydrogen-bond acceptors (Lipinski definition) is 3. The van der Waals surface area contributed by atoms with Crippen LogP contribution < -0.4 is 9.62 Å². The first-order valence-electron chi connectivity index (χ1n) is 13.5. The molecule has 1 amide bonds. The number of para-hydroxylation sites is 1. The van der Waals surface area contributed by atoms with Gasteiger partial charge in [0.1, 0.15) is 0 Å². The zero-order valence-electron chi connectivity index (χ0n) is 23.1. The molecule has 0 saturated carbocycles. The van der Waals surface area contributed by atoms with Crippen molar-refractivity contribution in [2.24, 2.45) is 0 Å². The van der Waals surface area contributed by atoms with Crippen LogP contribution in [0.3, 0.4) is 0 Å². The maximum atomic E-state index is 14.1. The molecule has 5 rings (SSSR count). The van der Waals surface area contributed by atoms with Gasteiger partial charge >= 0.3 is 0 Å². The van der Waals surface area contributed by atoms with Crippen LogP contribution in [0, 0.1) is 13.8 Å². The van der Waals surface area contributed by atoms with E-state index in [-0.39, 0.29) is 22.9 Å². The van der Waals surface area contributed by atoms with Gasteiger partial charge in [0, 0.05) is 0 Å². The highest BCUT2D eigenvalue weighted by molar-refractivity contribution is 7.92. The van der Waals surface area contributed by atoms with Crippen molar-refractivity contribution < 1.29 is 13.2 Å². The average Bonchev–Trinajstić information content (AvgIpc) is 3.00. The van der Waals surface area contributed by atoms with Crippen molar-refractivity contribution in [3.63, 3.8) is 0 Å². The van der Waals surface area contributed by atoms with Gasteiger partial charge in [-0.3, -0.25) is 9.10 Å². The highest BCUT2D eigenvalue weighted by atomic mass is 32.2. The molecule has 5 aromatic rings. The second-order valence-electron chi connectivity index (χ2n) is 10.1. The van der Waals surface area contributed by atoms with Crippen molar-refractivity contribution in [2.45, 2.75) is 31.3 Å². The van der Waals surface area contributed by atoms with E-state index in [1.54, 1.807) is 48.5 Å². The lowest BCUT2D eigenvalue weighted by Crippen LogP contribution is -2.34. The highest BCUT2D eigenvalue weighted by Gasteiger charge is 2.29. The van der Waals surface area contributed by atoms with Crippen LogP contribution >= 0.6 is 0 Å². The Bertz CT molecular complexity index is 1720. The van der Waals surface area contributed by atoms with E-state index >= 15 is 0 Å². The number of anilines is 1. The number of carbonyl (C=O) groups excluding carboxylic acids is 1. The number of hydrogen-bond donors (Lipinski definition) is 1. The van der Waals surface area contributed by atoms with Gasteiger partial charge in [-0.2, -0.15) is 0 Å². The predicted octanol–water partition coefficient (Wildman–Crippen LogP) is 7.22. The standard InChI is InChI=1S/C35H32N2O3S/c1-26-17-21-30(22-18-26)34(29-13-7-4-8-14-29)36-35(38)32-15-9-10-16-33(32)37(25-28-11-5-3-6-12-28)41(39,40)31-23-19-27(2)20-24-31/h3-24,34H,25H2,1-2H3,(H,36,38)/t34-/m0/s1. The first kappa shape index (κ1) is 27.9. The van der Waals surface area contributed by atoms with E-state index in [9.17, 15) is 13.2 Å². The summed E-state index contributed by atoms with van der Waals surface area (Å²) in [6, 6.07) is 40.4. The molecule has 0 aliphatic carbocycles. The summed E-state index contributed by atoms with van der Waals surface area (Å²) in [4.78, 5) is 14.2. The molecule has 0 radical (unpaired) electrons. The Morgan fingerprint density at radius 1 is 0.659 bits per heavy atom. The Kier molecular flexibility index (Phi) is 8.31. The molecule has 0 unspecified atom stereocenters. The van der Waals surface area contributed by atoms with E-state index in [2.05, 4.69) is 5.32 Å². The van der Waals surface area contributed by atoms with E-state index < -0.39 is 16.1 Å². The number of benzene rings is 5. The summed E-state index contributed by atoms with van der Waals surface area (Å²) < 4.78 is 29.6. The Morgan fingerprint density at radius 3 is 1.80 bits per heavy atom. The maximum absolute atomic E-state index is 14.1. The number of aryl methyl sites for hydroxylation is 2. The first-order chi connectivity index (χ1) is 19.8. The molecular weight excluding hydrogens is 528 g/mol. The van der Waals surface area contributed by atoms with Gasteiger partial charge in [0.05, 0.1) is 28.7 Å². The van der Waals surface area contributed by atoms with Crippen molar-refractivity contribution in [2.75, 3.05) is 4.31 Å². The fourth-order valence-corrected chi connectivity index (χ4v) is 6.21. The van der Waals surface area contributed by atoms with E-state index in [4.69, 9.17) is 0 Å². The Balaban J connectivity index is 1.57. The van der Waals surface area contributed by atoms with Crippen LogP contribution in [0.4, 0.5) is 5.69 Å². The molecule has 6 heteroatoms. The minimum absolute atomic E-state index is 0.0709. The summed E-state index contributed by atoms with van der Waals surface area (Å²) >= 11 is 0. The molecular formula is C35H32N2O3S. The highest BCUT2D eigenvalue weighted by Crippen LogP contribution is 2.31. The van der Waals surface area contributed by atoms with Crippen LogP contribution in [0.5, 0.6) is 0 Å². The van der Waals surface area contributed by atoms with Gasteiger partial charge in [0.2, 0.25) is 0 Å². The van der Waals surface area contributed by atoms with E-state index in [1.807, 2.05) is 98.8 Å². The van der Waals surface area contributed by atoms with Crippen LogP contribution in [0.2, 0.25) is 0 Å². The first-order valence-corrected chi connectivity index (χ1v) is 14.9. The number of sulfonamides is 1. The van der Waals surface area contributed by atoms with Crippen molar-refractivity contribution >= 4 is 21.6 Å². The third kappa shape index (κ3) is 6.39. The van der Waals surface area contributed by atoms with Gasteiger partial charge in [-0.1, -0.05) is 120 Å². The van der Waals surface area contributed by atoms with Gasteiger partial charge in [-0.25, -0.2) is 8.42 Å². The van der Waals surface area contributed by atoms with Gasteiger partial charge in [-0.15, -0.1) is 0 Å². The molecule has 0 heterocycles. The van der Waals surface area contributed by atoms with Gasteiger partial charge in [0.25, 0.3) is 15.9 Å². The van der Waals surface area contributed by atoms with Crippen molar-refractivity contribution in [3.8, 4) is 0 Å². The van der Waals surface area contributed by atoms with Crippen LogP contribution in [0.15, 0.2) is 138 Å². The smallest absolute Gasteiger partial charge is 0.264 e. The number of nitrogens with zero attached hydrogens (tertiary/aromatic N) is 1. The molecule has 206 valence electrons. The molecule has 0 spiro atoms. The Labute approximate surface area is 242 Å². The molecule has 0 aliphatic heterocycles. The molecule has 5 nitrogen and oxygen atoms in total. The van der Waals surface area contributed by atoms with Crippen molar-refractivity contribution in [1.29, 1.82) is 0 Å². The minimum Gasteiger partial charge on any atom is -0.341 e. The maximum Gasteiger partial charge on any atom is 0.264 e. The summed E-state index contributed by atoms with van der Waals surface area (Å²) in [5, 5.41) is 3.18. The third-order valence-electron chi connectivity index (χ3n) is 7.01. The third-order valence-corrected chi connectivity index (χ3v) is 8.79. The molecule has 1 N–H and O–H groups in total. The molecule has 0 fully saturated rings. The molecule has 0 aromatic heterocycles. The topological polar surface area (TPSA) is 66.5 Å². The van der Waals surface area contributed by atoms with Crippen LogP contribution in [0.1, 0.15) is 44.2 Å². The molecule has 0 aliphatic rings. The lowest BCUT2D eigenvalue weighted by Gasteiger charge is -2.27. The van der Waals surface area contributed by atoms with Gasteiger partial charge < -0.3 is 5.32 Å². The summed E-state index contributed by atoms with van der Waals surface area (Å²) in [5.74, 6) is -0.368. The van der Waals surface area contributed by atoms with Crippen molar-refractivity contribution in [3.05, 3.63) is 167 Å².